The molecule has 10 N–H and O–H groups in total. The highest BCUT2D eigenvalue weighted by Crippen LogP contribution is 2.14. The molecule has 0 saturated carbocycles. The van der Waals surface area contributed by atoms with Gasteiger partial charge in [0.05, 0.1) is 0 Å². The molecule has 0 aromatic heterocycles. The fraction of sp³-hybridized carbons (Fsp3) is 0.739. The zero-order valence-corrected chi connectivity index (χ0v) is 55.4. The third-order valence-corrected chi connectivity index (χ3v) is 8.36. The molecule has 0 aromatic rings. The number of carboxylic acids is 1. The van der Waals surface area contributed by atoms with Crippen LogP contribution in [0.4, 0.5) is 9.59 Å². The predicted octanol–water partition coefficient (Wildman–Crippen LogP) is 5.62. The smallest absolute Gasteiger partial charge is 0.430 e. The normalized spacial score (nSPS) is 9.08. The summed E-state index contributed by atoms with van der Waals surface area (Å²) in [7, 11) is 0. The molecule has 0 aliphatic rings. The van der Waals surface area contributed by atoms with Gasteiger partial charge in [-0.05, 0) is 102 Å². The Labute approximate surface area is 536 Å². The minimum Gasteiger partial charge on any atom is -0.480 e. The first-order valence-corrected chi connectivity index (χ1v) is 27.0. The molecule has 0 aromatic carbocycles. The molecule has 9 amide bonds. The highest BCUT2D eigenvalue weighted by molar-refractivity contribution is 9.09. The van der Waals surface area contributed by atoms with Gasteiger partial charge >= 0.3 is 18.2 Å². The number of aliphatic carboxylic acids is 1. The number of carbonyl (C=O) groups excluding carboxylic acids is 11. The van der Waals surface area contributed by atoms with Crippen LogP contribution in [0.1, 0.15) is 122 Å². The van der Waals surface area contributed by atoms with Gasteiger partial charge in [0, 0.05) is 149 Å². The summed E-state index contributed by atoms with van der Waals surface area (Å²) < 4.78 is 10.1. The van der Waals surface area contributed by atoms with Crippen molar-refractivity contribution in [1.82, 2.24) is 36.0 Å². The molecule has 0 atom stereocenters. The lowest BCUT2D eigenvalue weighted by atomic mass is 10.2. The van der Waals surface area contributed by atoms with Crippen LogP contribution in [-0.4, -0.2) is 198 Å². The van der Waals surface area contributed by atoms with Crippen molar-refractivity contribution in [1.29, 1.82) is 0 Å². The van der Waals surface area contributed by atoms with Crippen LogP contribution in [0.15, 0.2) is 25.6 Å². The predicted molar refractivity (Wildman–Crippen MR) is 334 cm³/mol. The summed E-state index contributed by atoms with van der Waals surface area (Å²) in [6.45, 7) is 18.8. The molecular formula is C46H88BrCl2N25O15. The van der Waals surface area contributed by atoms with E-state index in [0.717, 1.165) is 39.4 Å². The molecule has 0 radical (unpaired) electrons. The maximum absolute atomic E-state index is 12.2. The first-order chi connectivity index (χ1) is 40.5. The molecule has 0 aliphatic heterocycles. The zero-order chi connectivity index (χ0) is 69.0. The van der Waals surface area contributed by atoms with Crippen LogP contribution in [0.25, 0.3) is 52.2 Å². The van der Waals surface area contributed by atoms with Crippen molar-refractivity contribution in [2.24, 2.45) is 42.8 Å². The van der Waals surface area contributed by atoms with E-state index in [2.05, 4.69) is 82.0 Å². The number of hydrogen-bond acceptors (Lipinski definition) is 22. The number of carbonyl (C=O) groups is 12. The molecule has 508 valence electrons. The molecule has 0 spiro atoms. The van der Waals surface area contributed by atoms with E-state index in [-0.39, 0.29) is 74.4 Å². The number of nitrogens with two attached hydrogens (primary N) is 3. The second-order valence-corrected chi connectivity index (χ2v) is 19.0. The Hall–Kier alpha value is -8.47. The monoisotopic (exact) mass is 1380 g/mol. The number of imide groups is 2. The Morgan fingerprint density at radius 1 is 0.461 bits per heavy atom. The summed E-state index contributed by atoms with van der Waals surface area (Å²) in [6, 6.07) is 0. The maximum Gasteiger partial charge on any atom is 0.430 e. The molecule has 0 saturated heterocycles. The minimum atomic E-state index is -1.38. The largest absolute Gasteiger partial charge is 0.480 e. The summed E-state index contributed by atoms with van der Waals surface area (Å²) in [5.41, 5.74) is 52.7. The number of azide groups is 5. The number of nitrogens with zero attached hydrogens (tertiary/aromatic N) is 19. The summed E-state index contributed by atoms with van der Waals surface area (Å²) >= 11 is 3.23. The molecule has 89 heavy (non-hydrogen) atoms. The number of halogens is 3. The lowest BCUT2D eigenvalue weighted by molar-refractivity contribution is -0.164. The summed E-state index contributed by atoms with van der Waals surface area (Å²) in [4.78, 5) is 147. The van der Waals surface area contributed by atoms with Gasteiger partial charge in [-0.3, -0.25) is 38.4 Å². The Balaban J connectivity index is -0.000000126. The van der Waals surface area contributed by atoms with Gasteiger partial charge in [0.15, 0.2) is 0 Å². The van der Waals surface area contributed by atoms with Crippen LogP contribution in [0, 0.1) is 0 Å². The number of amides is 9. The van der Waals surface area contributed by atoms with Crippen molar-refractivity contribution in [2.45, 2.75) is 133 Å². The van der Waals surface area contributed by atoms with Crippen molar-refractivity contribution in [3.05, 3.63) is 52.2 Å². The van der Waals surface area contributed by atoms with Gasteiger partial charge in [-0.2, -0.15) is 20.0 Å². The summed E-state index contributed by atoms with van der Waals surface area (Å²) in [5, 5.41) is 35.3. The van der Waals surface area contributed by atoms with Crippen molar-refractivity contribution in [3.63, 3.8) is 0 Å². The Kier molecular flexibility index (Phi) is 73.3. The molecule has 0 unspecified atom stereocenters. The number of hydrazine groups is 2. The van der Waals surface area contributed by atoms with Crippen LogP contribution in [0.2, 0.25) is 0 Å². The van der Waals surface area contributed by atoms with Crippen LogP contribution in [-0.2, 0) is 57.4 Å². The SMILES string of the molecule is CC(=O)CCCBr.CC(=O)CCCN=[N+]=[N-].CC(=O)N(C(C)=O)N(CC(=O)NCCN=[N+]=[N-])C(=O)OC(C)(C)C.CC(=O)N(C(C)=O)N(CC(=O)O)C(=O)OC(C)(C)C.Cl.Cl.[N-]=[N+]=NCCN.[N-]=[N+]=NCCNC(=O)CCN.[N-]=[N+]=NCCNC(=O)CCN. The van der Waals surface area contributed by atoms with Gasteiger partial charge in [0.2, 0.25) is 41.4 Å². The minimum absolute atomic E-state index is 0. The maximum atomic E-state index is 12.2. The highest BCUT2D eigenvalue weighted by Gasteiger charge is 2.34. The number of alkyl halides is 1. The Bertz CT molecular complexity index is 2320. The number of Topliss-reactive ketones (excluding diaryl/α,β-unsaturated/α-hetero) is 2. The topological polar surface area (TPSA) is 614 Å². The van der Waals surface area contributed by atoms with E-state index in [9.17, 15) is 57.5 Å². The molecule has 0 rings (SSSR count). The first-order valence-electron chi connectivity index (χ1n) is 25.9. The number of rotatable bonds is 26. The average molecular weight is 1380 g/mol. The van der Waals surface area contributed by atoms with E-state index in [1.807, 2.05) is 0 Å². The van der Waals surface area contributed by atoms with E-state index in [4.69, 9.17) is 59.4 Å². The number of ketones is 2. The fourth-order valence-corrected chi connectivity index (χ4v) is 4.96. The first kappa shape index (κ1) is 99.6. The molecule has 40 nitrogen and oxygen atoms in total. The van der Waals surface area contributed by atoms with Gasteiger partial charge in [-0.15, -0.1) is 24.8 Å². The number of carboxylic acid groups (broad SMARTS) is 1. The van der Waals surface area contributed by atoms with E-state index in [0.29, 0.717) is 98.0 Å². The average Bonchev–Trinajstić information content (AvgIpc) is 1.73. The standard InChI is InChI=1S/C13H22N6O5.C11H18N2O6.C5H9BrO.2C5H11N5O.C5H9N3O.C2H6N4.2ClH/c1-9(20)19(10(2)21)18(12(23)24-13(3,4)5)8-11(22)15-6-7-16-17-14;1-7(14)13(8(2)15)12(6-9(16)17)10(18)19-11(3,4)5;1-5(7)3-2-4-6;2*6-2-1-5(11)8-3-4-9-10-7;1-5(9)3-2-4-7-8-6;3-1-2-5-6-4;;/h6-8H2,1-5H3,(H,15,22);6H2,1-5H3,(H,16,17);2-4H2,1H3;2*1-4,6H2,(H,8,11);2-4H2,1H3;1-3H2;2*1H. The molecule has 43 heteroatoms. The van der Waals surface area contributed by atoms with Crippen LogP contribution in [0.5, 0.6) is 0 Å². The van der Waals surface area contributed by atoms with Crippen LogP contribution in [0.3, 0.4) is 0 Å². The van der Waals surface area contributed by atoms with Crippen molar-refractivity contribution < 1.29 is 72.1 Å². The molecule has 0 fully saturated rings. The van der Waals surface area contributed by atoms with Crippen LogP contribution >= 0.6 is 40.7 Å². The van der Waals surface area contributed by atoms with E-state index >= 15 is 0 Å². The Morgan fingerprint density at radius 2 is 0.753 bits per heavy atom. The van der Waals surface area contributed by atoms with Gasteiger partial charge in [0.25, 0.3) is 0 Å². The van der Waals surface area contributed by atoms with Crippen molar-refractivity contribution in [3.8, 4) is 0 Å². The van der Waals surface area contributed by atoms with Gasteiger partial charge in [-0.1, -0.05) is 41.5 Å². The highest BCUT2D eigenvalue weighted by atomic mass is 79.9. The molecular weight excluding hydrogens is 1290 g/mol. The number of nitrogens with one attached hydrogen (secondary N) is 3. The third-order valence-electron chi connectivity index (χ3n) is 7.80. The van der Waals surface area contributed by atoms with E-state index in [1.165, 1.54) is 6.92 Å². The molecule has 0 aliphatic carbocycles. The summed E-state index contributed by atoms with van der Waals surface area (Å²) in [5.74, 6) is -4.87. The number of ether oxygens (including phenoxy) is 2. The lowest BCUT2D eigenvalue weighted by Crippen LogP contribution is -2.55. The number of hydrogen-bond donors (Lipinski definition) is 7. The quantitative estimate of drug-likeness (QED) is 0.0138. The Morgan fingerprint density at radius 3 is 0.989 bits per heavy atom. The second-order valence-electron chi connectivity index (χ2n) is 18.2. The van der Waals surface area contributed by atoms with E-state index < -0.39 is 72.0 Å². The summed E-state index contributed by atoms with van der Waals surface area (Å²) in [6.07, 6.45) is 1.39. The molecule has 0 bridgehead atoms. The fourth-order valence-electron chi connectivity index (χ4n) is 4.68. The zero-order valence-electron chi connectivity index (χ0n) is 52.2. The van der Waals surface area contributed by atoms with Crippen molar-refractivity contribution >= 4 is 112 Å². The van der Waals surface area contributed by atoms with Gasteiger partial charge in [0.1, 0.15) is 35.9 Å². The van der Waals surface area contributed by atoms with Crippen molar-refractivity contribution in [2.75, 3.05) is 90.4 Å². The second kappa shape index (κ2) is 65.5. The lowest BCUT2D eigenvalue weighted by Gasteiger charge is -2.32. The van der Waals surface area contributed by atoms with Gasteiger partial charge in [-0.25, -0.2) is 9.59 Å². The van der Waals surface area contributed by atoms with Crippen LogP contribution < -0.4 is 33.2 Å². The molecule has 0 heterocycles. The van der Waals surface area contributed by atoms with Gasteiger partial charge < -0.3 is 57.3 Å². The van der Waals surface area contributed by atoms with E-state index in [1.54, 1.807) is 48.5 Å². The third kappa shape index (κ3) is 77.5.